The zero-order valence-corrected chi connectivity index (χ0v) is 13.3. The van der Waals surface area contributed by atoms with E-state index in [1.807, 2.05) is 18.2 Å². The van der Waals surface area contributed by atoms with Crippen LogP contribution in [0.5, 0.6) is 5.88 Å². The SMILES string of the molecule is O=S(=O)(F)Oc1cnc2c(n1)CN=C2N1CCCc2ccccc21. The quantitative estimate of drug-likeness (QED) is 0.769. The van der Waals surface area contributed by atoms with Crippen molar-refractivity contribution in [1.29, 1.82) is 0 Å². The summed E-state index contributed by atoms with van der Waals surface area (Å²) in [5.74, 6) is 0.297. The van der Waals surface area contributed by atoms with Crippen molar-refractivity contribution in [3.63, 3.8) is 0 Å². The van der Waals surface area contributed by atoms with Gasteiger partial charge in [0.15, 0.2) is 5.84 Å². The van der Waals surface area contributed by atoms with E-state index in [-0.39, 0.29) is 6.54 Å². The van der Waals surface area contributed by atoms with Gasteiger partial charge in [0.1, 0.15) is 5.69 Å². The average Bonchev–Trinajstić information content (AvgIpc) is 2.96. The van der Waals surface area contributed by atoms with Gasteiger partial charge in [0.2, 0.25) is 0 Å². The van der Waals surface area contributed by atoms with E-state index in [4.69, 9.17) is 0 Å². The molecule has 7 nitrogen and oxygen atoms in total. The Kier molecular flexibility index (Phi) is 3.45. The Balaban J connectivity index is 1.68. The first-order valence-electron chi connectivity index (χ1n) is 7.41. The first-order chi connectivity index (χ1) is 11.5. The summed E-state index contributed by atoms with van der Waals surface area (Å²) >= 11 is 0. The lowest BCUT2D eigenvalue weighted by Gasteiger charge is -2.30. The number of fused-ring (bicyclic) bond motifs is 2. The maximum absolute atomic E-state index is 12.6. The van der Waals surface area contributed by atoms with Crippen molar-refractivity contribution in [3.05, 3.63) is 47.4 Å². The molecule has 1 aromatic heterocycles. The number of benzene rings is 1. The molecule has 1 aromatic carbocycles. The predicted molar refractivity (Wildman–Crippen MR) is 85.0 cm³/mol. The maximum Gasteiger partial charge on any atom is 0.490 e. The molecule has 0 saturated heterocycles. The molecule has 9 heteroatoms. The van der Waals surface area contributed by atoms with Crippen molar-refractivity contribution in [1.82, 2.24) is 9.97 Å². The van der Waals surface area contributed by atoms with Gasteiger partial charge in [0.25, 0.3) is 5.88 Å². The molecule has 2 aliphatic rings. The van der Waals surface area contributed by atoms with Gasteiger partial charge in [0, 0.05) is 12.2 Å². The van der Waals surface area contributed by atoms with Crippen LogP contribution in [0.2, 0.25) is 0 Å². The van der Waals surface area contributed by atoms with E-state index in [1.54, 1.807) is 0 Å². The number of halogens is 1. The van der Waals surface area contributed by atoms with Gasteiger partial charge in [-0.2, -0.15) is 8.42 Å². The van der Waals surface area contributed by atoms with Crippen molar-refractivity contribution >= 4 is 22.0 Å². The Labute approximate surface area is 138 Å². The highest BCUT2D eigenvalue weighted by molar-refractivity contribution is 7.81. The Hall–Kier alpha value is -2.55. The van der Waals surface area contributed by atoms with E-state index >= 15 is 0 Å². The summed E-state index contributed by atoms with van der Waals surface area (Å²) in [5.41, 5.74) is 3.37. The van der Waals surface area contributed by atoms with E-state index in [0.29, 0.717) is 17.2 Å². The summed E-state index contributed by atoms with van der Waals surface area (Å²) < 4.78 is 37.8. The maximum atomic E-state index is 12.6. The largest absolute Gasteiger partial charge is 0.490 e. The molecule has 24 heavy (non-hydrogen) atoms. The third kappa shape index (κ3) is 2.71. The van der Waals surface area contributed by atoms with Gasteiger partial charge in [-0.1, -0.05) is 22.1 Å². The van der Waals surface area contributed by atoms with Crippen LogP contribution in [0.15, 0.2) is 35.5 Å². The fourth-order valence-corrected chi connectivity index (χ4v) is 3.32. The molecule has 0 N–H and O–H groups in total. The number of anilines is 1. The fourth-order valence-electron chi connectivity index (χ4n) is 3.04. The highest BCUT2D eigenvalue weighted by Gasteiger charge is 2.29. The third-order valence-corrected chi connectivity index (χ3v) is 4.33. The lowest BCUT2D eigenvalue weighted by molar-refractivity contribution is 0.430. The molecular weight excluding hydrogens is 335 g/mol. The van der Waals surface area contributed by atoms with Crippen LogP contribution >= 0.6 is 0 Å². The molecule has 0 unspecified atom stereocenters. The molecule has 0 spiro atoms. The molecule has 3 heterocycles. The van der Waals surface area contributed by atoms with Crippen molar-refractivity contribution in [2.45, 2.75) is 19.4 Å². The monoisotopic (exact) mass is 348 g/mol. The number of rotatable bonds is 2. The predicted octanol–water partition coefficient (Wildman–Crippen LogP) is 1.78. The van der Waals surface area contributed by atoms with Gasteiger partial charge < -0.3 is 9.08 Å². The lowest BCUT2D eigenvalue weighted by Crippen LogP contribution is -2.35. The van der Waals surface area contributed by atoms with Crippen LogP contribution in [-0.4, -0.2) is 30.8 Å². The smallest absolute Gasteiger partial charge is 0.336 e. The van der Waals surface area contributed by atoms with E-state index < -0.39 is 16.4 Å². The fraction of sp³-hybridized carbons (Fsp3) is 0.267. The Morgan fingerprint density at radius 1 is 1.25 bits per heavy atom. The van der Waals surface area contributed by atoms with Crippen molar-refractivity contribution in [2.75, 3.05) is 11.4 Å². The molecule has 0 bridgehead atoms. The van der Waals surface area contributed by atoms with E-state index in [9.17, 15) is 12.3 Å². The normalized spacial score (nSPS) is 16.4. The van der Waals surface area contributed by atoms with Gasteiger partial charge in [-0.25, -0.2) is 9.97 Å². The van der Waals surface area contributed by atoms with Crippen molar-refractivity contribution < 1.29 is 16.5 Å². The van der Waals surface area contributed by atoms with Crippen LogP contribution in [0.1, 0.15) is 23.4 Å². The number of hydrogen-bond donors (Lipinski definition) is 0. The average molecular weight is 348 g/mol. The zero-order chi connectivity index (χ0) is 16.7. The minimum atomic E-state index is -5.12. The Bertz CT molecular complexity index is 945. The van der Waals surface area contributed by atoms with Gasteiger partial charge in [-0.15, -0.1) is 0 Å². The molecule has 4 rings (SSSR count). The van der Waals surface area contributed by atoms with E-state index in [0.717, 1.165) is 31.3 Å². The first-order valence-corrected chi connectivity index (χ1v) is 8.72. The van der Waals surface area contributed by atoms with Gasteiger partial charge in [-0.3, -0.25) is 4.99 Å². The Morgan fingerprint density at radius 3 is 2.92 bits per heavy atom. The van der Waals surface area contributed by atoms with Crippen molar-refractivity contribution in [3.8, 4) is 5.88 Å². The standard InChI is InChI=1S/C15H13FN4O3S/c16-24(21,22)23-13-9-17-14-11(19-13)8-18-15(14)20-7-3-5-10-4-1-2-6-12(10)20/h1-2,4,6,9H,3,5,7-8H2. The van der Waals surface area contributed by atoms with Crippen LogP contribution in [-0.2, 0) is 23.5 Å². The van der Waals surface area contributed by atoms with Crippen molar-refractivity contribution in [2.24, 2.45) is 4.99 Å². The van der Waals surface area contributed by atoms with Crippen LogP contribution in [0, 0.1) is 0 Å². The summed E-state index contributed by atoms with van der Waals surface area (Å²) in [4.78, 5) is 14.7. The number of aliphatic imine (C=N–C) groups is 1. The third-order valence-electron chi connectivity index (χ3n) is 3.96. The molecule has 124 valence electrons. The number of aromatic nitrogens is 2. The van der Waals surface area contributed by atoms with Crippen LogP contribution in [0.25, 0.3) is 0 Å². The summed E-state index contributed by atoms with van der Waals surface area (Å²) in [7, 11) is -5.12. The highest BCUT2D eigenvalue weighted by Crippen LogP contribution is 2.30. The van der Waals surface area contributed by atoms with Gasteiger partial charge >= 0.3 is 10.5 Å². The van der Waals surface area contributed by atoms with Gasteiger partial charge in [0.05, 0.1) is 18.4 Å². The second kappa shape index (κ2) is 5.52. The summed E-state index contributed by atoms with van der Waals surface area (Å²) in [5, 5.41) is 0. The number of hydrogen-bond acceptors (Lipinski definition) is 7. The van der Waals surface area contributed by atoms with E-state index in [2.05, 4.69) is 30.1 Å². The number of aryl methyl sites for hydroxylation is 1. The molecule has 0 saturated carbocycles. The zero-order valence-electron chi connectivity index (χ0n) is 12.5. The molecule has 0 amide bonds. The second-order valence-corrected chi connectivity index (χ2v) is 6.46. The molecule has 2 aliphatic heterocycles. The van der Waals surface area contributed by atoms with Crippen LogP contribution < -0.4 is 9.08 Å². The summed E-state index contributed by atoms with van der Waals surface area (Å²) in [6, 6.07) is 8.11. The highest BCUT2D eigenvalue weighted by atomic mass is 32.3. The molecule has 2 aromatic rings. The lowest BCUT2D eigenvalue weighted by atomic mass is 10.0. The molecular formula is C15H13FN4O3S. The molecule has 0 aliphatic carbocycles. The van der Waals surface area contributed by atoms with E-state index in [1.165, 1.54) is 5.56 Å². The molecule has 0 atom stereocenters. The molecule has 0 radical (unpaired) electrons. The molecule has 0 fully saturated rings. The van der Waals surface area contributed by atoms with Crippen LogP contribution in [0.3, 0.4) is 0 Å². The Morgan fingerprint density at radius 2 is 2.08 bits per heavy atom. The second-order valence-electron chi connectivity index (χ2n) is 5.50. The summed E-state index contributed by atoms with van der Waals surface area (Å²) in [6.07, 6.45) is 3.10. The first kappa shape index (κ1) is 15.0. The number of para-hydroxylation sites is 1. The summed E-state index contributed by atoms with van der Waals surface area (Å²) in [6.45, 7) is 1.06. The minimum Gasteiger partial charge on any atom is -0.336 e. The van der Waals surface area contributed by atoms with Gasteiger partial charge in [-0.05, 0) is 24.5 Å². The number of amidine groups is 1. The number of nitrogens with zero attached hydrogens (tertiary/aromatic N) is 4. The topological polar surface area (TPSA) is 84.8 Å². The minimum absolute atomic E-state index is 0.250. The van der Waals surface area contributed by atoms with Crippen LogP contribution in [0.4, 0.5) is 9.57 Å².